The van der Waals surface area contributed by atoms with E-state index < -0.39 is 23.2 Å². The van der Waals surface area contributed by atoms with Crippen LogP contribution < -0.4 is 10.6 Å². The summed E-state index contributed by atoms with van der Waals surface area (Å²) in [6, 6.07) is 8.28. The van der Waals surface area contributed by atoms with E-state index in [-0.39, 0.29) is 10.8 Å². The number of amides is 1. The van der Waals surface area contributed by atoms with Crippen molar-refractivity contribution in [1.29, 1.82) is 5.26 Å². The summed E-state index contributed by atoms with van der Waals surface area (Å²) in [5.41, 5.74) is -3.44. The quantitative estimate of drug-likeness (QED) is 0.882. The summed E-state index contributed by atoms with van der Waals surface area (Å²) in [4.78, 5) is 16.1. The van der Waals surface area contributed by atoms with Crippen molar-refractivity contribution in [3.8, 4) is 6.07 Å². The molecule has 1 atom stereocenters. The zero-order valence-electron chi connectivity index (χ0n) is 11.7. The van der Waals surface area contributed by atoms with Gasteiger partial charge < -0.3 is 10.6 Å². The Morgan fingerprint density at radius 2 is 2.09 bits per heavy atom. The molecule has 23 heavy (non-hydrogen) atoms. The number of thiazole rings is 1. The number of rotatable bonds is 2. The van der Waals surface area contributed by atoms with Crippen molar-refractivity contribution in [2.75, 3.05) is 5.32 Å². The second kappa shape index (κ2) is 4.96. The summed E-state index contributed by atoms with van der Waals surface area (Å²) < 4.78 is 41.7. The number of hydrogen-bond donors (Lipinski definition) is 2. The topological polar surface area (TPSA) is 77.8 Å². The number of nitrogens with one attached hydrogen (secondary N) is 2. The van der Waals surface area contributed by atoms with Crippen molar-refractivity contribution in [3.63, 3.8) is 0 Å². The molecule has 0 saturated heterocycles. The molecule has 1 aromatic heterocycles. The van der Waals surface area contributed by atoms with Crippen LogP contribution in [-0.4, -0.2) is 22.6 Å². The lowest BCUT2D eigenvalue weighted by Gasteiger charge is -2.30. The van der Waals surface area contributed by atoms with Crippen LogP contribution in [0.15, 0.2) is 35.5 Å². The molecule has 5 nitrogen and oxygen atoms in total. The highest BCUT2D eigenvalue weighted by molar-refractivity contribution is 7.22. The average molecular weight is 338 g/mol. The van der Waals surface area contributed by atoms with Gasteiger partial charge in [0, 0.05) is 5.70 Å². The number of allylic oxidation sites excluding steroid dienone is 1. The van der Waals surface area contributed by atoms with Crippen LogP contribution in [0.3, 0.4) is 0 Å². The zero-order chi connectivity index (χ0) is 16.8. The van der Waals surface area contributed by atoms with Gasteiger partial charge in [0.05, 0.1) is 21.9 Å². The van der Waals surface area contributed by atoms with E-state index >= 15 is 0 Å². The van der Waals surface area contributed by atoms with Crippen molar-refractivity contribution in [2.24, 2.45) is 0 Å². The van der Waals surface area contributed by atoms with Gasteiger partial charge in [-0.1, -0.05) is 23.5 Å². The molecule has 0 saturated carbocycles. The third-order valence-electron chi connectivity index (χ3n) is 3.52. The zero-order valence-corrected chi connectivity index (χ0v) is 12.5. The minimum Gasteiger partial charge on any atom is -0.335 e. The molecule has 0 spiro atoms. The number of fused-ring (bicyclic) bond motifs is 1. The van der Waals surface area contributed by atoms with Crippen molar-refractivity contribution < 1.29 is 18.0 Å². The molecule has 0 fully saturated rings. The third-order valence-corrected chi connectivity index (χ3v) is 4.47. The monoisotopic (exact) mass is 338 g/mol. The molecular weight excluding hydrogens is 329 g/mol. The number of aromatic nitrogens is 1. The number of para-hydroxylation sites is 1. The molecular formula is C14H9F3N4OS. The van der Waals surface area contributed by atoms with Crippen molar-refractivity contribution in [3.05, 3.63) is 35.5 Å². The van der Waals surface area contributed by atoms with E-state index in [0.717, 1.165) is 11.3 Å². The van der Waals surface area contributed by atoms with Gasteiger partial charge in [0.25, 0.3) is 11.4 Å². The van der Waals surface area contributed by atoms with Gasteiger partial charge in [-0.15, -0.1) is 0 Å². The maximum Gasteiger partial charge on any atom is 0.425 e. The number of nitriles is 1. The smallest absolute Gasteiger partial charge is 0.335 e. The molecule has 2 aromatic rings. The number of nitrogens with zero attached hydrogens (tertiary/aromatic N) is 2. The summed E-state index contributed by atoms with van der Waals surface area (Å²) in [5, 5.41) is 13.3. The van der Waals surface area contributed by atoms with Crippen molar-refractivity contribution >= 4 is 32.6 Å². The lowest BCUT2D eigenvalue weighted by Crippen LogP contribution is -2.59. The van der Waals surface area contributed by atoms with Crippen LogP contribution in [0.25, 0.3) is 10.2 Å². The minimum atomic E-state index is -5.00. The van der Waals surface area contributed by atoms with Crippen LogP contribution in [-0.2, 0) is 4.79 Å². The molecule has 2 N–H and O–H groups in total. The number of hydrogen-bond acceptors (Lipinski definition) is 5. The molecule has 1 aliphatic heterocycles. The van der Waals surface area contributed by atoms with E-state index in [1.165, 1.54) is 13.0 Å². The molecule has 1 amide bonds. The first-order valence-electron chi connectivity index (χ1n) is 6.43. The average Bonchev–Trinajstić information content (AvgIpc) is 2.97. The number of anilines is 1. The van der Waals surface area contributed by atoms with Crippen LogP contribution in [0.4, 0.5) is 18.3 Å². The summed E-state index contributed by atoms with van der Waals surface area (Å²) in [5.74, 6) is -1.33. The molecule has 2 heterocycles. The Kier molecular flexibility index (Phi) is 3.30. The lowest BCUT2D eigenvalue weighted by molar-refractivity contribution is -0.174. The largest absolute Gasteiger partial charge is 0.425 e. The van der Waals surface area contributed by atoms with Gasteiger partial charge >= 0.3 is 6.18 Å². The van der Waals surface area contributed by atoms with Crippen molar-refractivity contribution in [2.45, 2.75) is 18.6 Å². The second-order valence-corrected chi connectivity index (χ2v) is 5.96. The lowest BCUT2D eigenvalue weighted by atomic mass is 9.90. The van der Waals surface area contributed by atoms with E-state index in [1.807, 2.05) is 0 Å². The van der Waals surface area contributed by atoms with Gasteiger partial charge in [-0.25, -0.2) is 4.98 Å². The summed E-state index contributed by atoms with van der Waals surface area (Å²) in [7, 11) is 0. The third kappa shape index (κ3) is 2.14. The highest BCUT2D eigenvalue weighted by atomic mass is 32.1. The molecule has 0 radical (unpaired) electrons. The first-order chi connectivity index (χ1) is 10.8. The van der Waals surface area contributed by atoms with Crippen LogP contribution >= 0.6 is 11.3 Å². The second-order valence-electron chi connectivity index (χ2n) is 4.93. The number of halogens is 3. The molecule has 3 rings (SSSR count). The minimum absolute atomic E-state index is 0.0823. The Bertz CT molecular complexity index is 847. The molecule has 1 aromatic carbocycles. The van der Waals surface area contributed by atoms with Crippen LogP contribution in [0.1, 0.15) is 6.92 Å². The number of carbonyl (C=O) groups is 1. The Labute approximate surface area is 132 Å². The Morgan fingerprint density at radius 3 is 2.70 bits per heavy atom. The SMILES string of the molecule is CC1=C(C#N)[C@@](Nc2nc3ccccc3s2)(C(F)(F)F)C(=O)N1. The van der Waals surface area contributed by atoms with E-state index in [2.05, 4.69) is 15.6 Å². The number of benzene rings is 1. The normalized spacial score (nSPS) is 21.4. The van der Waals surface area contributed by atoms with Crippen LogP contribution in [0.2, 0.25) is 0 Å². The van der Waals surface area contributed by atoms with E-state index in [9.17, 15) is 18.0 Å². The number of alkyl halides is 3. The molecule has 0 aliphatic carbocycles. The first-order valence-corrected chi connectivity index (χ1v) is 7.24. The predicted octanol–water partition coefficient (Wildman–Crippen LogP) is 2.94. The maximum atomic E-state index is 13.7. The first kappa shape index (κ1) is 15.3. The highest BCUT2D eigenvalue weighted by Gasteiger charge is 2.67. The molecule has 1 aliphatic rings. The maximum absolute atomic E-state index is 13.7. The van der Waals surface area contributed by atoms with Gasteiger partial charge in [-0.05, 0) is 19.1 Å². The summed E-state index contributed by atoms with van der Waals surface area (Å²) in [6.07, 6.45) is -5.00. The summed E-state index contributed by atoms with van der Waals surface area (Å²) >= 11 is 0.980. The van der Waals surface area contributed by atoms with Gasteiger partial charge in [-0.3, -0.25) is 4.79 Å². The van der Waals surface area contributed by atoms with Crippen LogP contribution in [0.5, 0.6) is 0 Å². The van der Waals surface area contributed by atoms with Gasteiger partial charge in [-0.2, -0.15) is 18.4 Å². The van der Waals surface area contributed by atoms with Gasteiger partial charge in [0.2, 0.25) is 0 Å². The fourth-order valence-electron chi connectivity index (χ4n) is 2.44. The van der Waals surface area contributed by atoms with E-state index in [1.54, 1.807) is 24.3 Å². The van der Waals surface area contributed by atoms with Gasteiger partial charge in [0.1, 0.15) is 0 Å². The Hall–Kier alpha value is -2.60. The molecule has 118 valence electrons. The predicted molar refractivity (Wildman–Crippen MR) is 78.5 cm³/mol. The fraction of sp³-hybridized carbons (Fsp3) is 0.214. The van der Waals surface area contributed by atoms with E-state index in [4.69, 9.17) is 5.26 Å². The van der Waals surface area contributed by atoms with Crippen molar-refractivity contribution in [1.82, 2.24) is 10.3 Å². The highest BCUT2D eigenvalue weighted by Crippen LogP contribution is 2.44. The molecule has 0 unspecified atom stereocenters. The Morgan fingerprint density at radius 1 is 1.39 bits per heavy atom. The molecule has 0 bridgehead atoms. The van der Waals surface area contributed by atoms with Crippen LogP contribution in [0, 0.1) is 11.3 Å². The molecule has 9 heteroatoms. The fourth-order valence-corrected chi connectivity index (χ4v) is 3.36. The number of carbonyl (C=O) groups excluding carboxylic acids is 1. The standard InChI is InChI=1S/C14H9F3N4OS/c1-7-8(6-18)13(11(22)19-7,14(15,16)17)21-12-20-9-4-2-3-5-10(9)23-12/h2-5H,1H3,(H,19,22)(H,20,21)/t13-/m0/s1. The summed E-state index contributed by atoms with van der Waals surface area (Å²) in [6.45, 7) is 1.25. The Balaban J connectivity index is 2.15. The van der Waals surface area contributed by atoms with E-state index in [0.29, 0.717) is 10.2 Å². The van der Waals surface area contributed by atoms with Gasteiger partial charge in [0.15, 0.2) is 5.13 Å².